The third-order valence-electron chi connectivity index (χ3n) is 5.27. The lowest BCUT2D eigenvalue weighted by Gasteiger charge is -2.11. The predicted molar refractivity (Wildman–Crippen MR) is 138 cm³/mol. The first-order chi connectivity index (χ1) is 15.9. The van der Waals surface area contributed by atoms with Gasteiger partial charge in [-0.3, -0.25) is 4.21 Å². The van der Waals surface area contributed by atoms with Gasteiger partial charge in [-0.25, -0.2) is 4.98 Å². The van der Waals surface area contributed by atoms with E-state index in [9.17, 15) is 9.47 Å². The molecule has 1 N–H and O–H groups in total. The van der Waals surface area contributed by atoms with Crippen molar-refractivity contribution in [3.05, 3.63) is 59.3 Å². The van der Waals surface area contributed by atoms with E-state index in [2.05, 4.69) is 34.6 Å². The number of nitrogens with one attached hydrogen (secondary N) is 1. The molecule has 3 aromatic rings. The third kappa shape index (κ3) is 6.73. The summed E-state index contributed by atoms with van der Waals surface area (Å²) >= 11 is 1.68. The smallest absolute Gasteiger partial charge is 0.137 e. The van der Waals surface area contributed by atoms with E-state index in [-0.39, 0.29) is 6.10 Å². The fraction of sp³-hybridized carbons (Fsp3) is 0.385. The van der Waals surface area contributed by atoms with Crippen molar-refractivity contribution in [3.8, 4) is 32.8 Å². The number of nitrogens with zero attached hydrogens (tertiary/aromatic N) is 2. The number of fused-ring (bicyclic) bond motifs is 1. The van der Waals surface area contributed by atoms with Gasteiger partial charge in [0.2, 0.25) is 0 Å². The molecule has 1 atom stereocenters. The van der Waals surface area contributed by atoms with Gasteiger partial charge in [-0.1, -0.05) is 18.2 Å². The molecule has 1 aromatic heterocycles. The molecule has 1 unspecified atom stereocenters. The first-order valence-electron chi connectivity index (χ1n) is 11.2. The van der Waals surface area contributed by atoms with Crippen molar-refractivity contribution in [1.29, 1.82) is 5.26 Å². The van der Waals surface area contributed by atoms with E-state index in [4.69, 9.17) is 4.74 Å². The summed E-state index contributed by atoms with van der Waals surface area (Å²) in [6.07, 6.45) is 7.27. The molecule has 0 radical (unpaired) electrons. The maximum Gasteiger partial charge on any atom is 0.137 e. The second-order valence-electron chi connectivity index (χ2n) is 8.20. The highest BCUT2D eigenvalue weighted by Gasteiger charge is 2.17. The Labute approximate surface area is 203 Å². The zero-order chi connectivity index (χ0) is 23.8. The van der Waals surface area contributed by atoms with E-state index >= 15 is 0 Å². The van der Waals surface area contributed by atoms with Crippen molar-refractivity contribution in [3.63, 3.8) is 0 Å². The van der Waals surface area contributed by atoms with E-state index in [1.54, 1.807) is 17.6 Å². The van der Waals surface area contributed by atoms with Gasteiger partial charge in [-0.15, -0.1) is 11.3 Å². The Kier molecular flexibility index (Phi) is 9.19. The maximum absolute atomic E-state index is 10.3. The van der Waals surface area contributed by atoms with E-state index in [0.29, 0.717) is 11.3 Å². The van der Waals surface area contributed by atoms with Crippen LogP contribution in [0, 0.1) is 11.3 Å². The lowest BCUT2D eigenvalue weighted by Crippen LogP contribution is -2.14. The number of aryl methyl sites for hydroxylation is 1. The molecule has 0 aliphatic heterocycles. The van der Waals surface area contributed by atoms with Crippen LogP contribution in [-0.2, 0) is 23.6 Å². The Balaban J connectivity index is 0.000000383. The van der Waals surface area contributed by atoms with Crippen LogP contribution in [0.2, 0.25) is 0 Å². The number of rotatable bonds is 7. The second kappa shape index (κ2) is 12.1. The number of hydrogen-bond donors (Lipinski definition) is 1. The van der Waals surface area contributed by atoms with E-state index in [1.165, 1.54) is 34.4 Å². The molecule has 1 heterocycles. The average Bonchev–Trinajstić information content (AvgIpc) is 3.47. The lowest BCUT2D eigenvalue weighted by atomic mass is 10.0. The minimum atomic E-state index is -0.628. The van der Waals surface area contributed by atoms with Gasteiger partial charge < -0.3 is 10.1 Å². The number of hydrogen-bond acceptors (Lipinski definition) is 6. The van der Waals surface area contributed by atoms with Gasteiger partial charge in [-0.2, -0.15) is 5.26 Å². The van der Waals surface area contributed by atoms with Crippen molar-refractivity contribution in [2.24, 2.45) is 0 Å². The zero-order valence-corrected chi connectivity index (χ0v) is 21.3. The summed E-state index contributed by atoms with van der Waals surface area (Å²) in [4.78, 5) is 5.82. The predicted octanol–water partition coefficient (Wildman–Crippen LogP) is 5.21. The molecule has 1 aliphatic rings. The monoisotopic (exact) mass is 481 g/mol. The van der Waals surface area contributed by atoms with Crippen LogP contribution in [0.3, 0.4) is 0 Å². The summed E-state index contributed by atoms with van der Waals surface area (Å²) in [7, 11) is 1.23. The van der Waals surface area contributed by atoms with Gasteiger partial charge >= 0.3 is 0 Å². The van der Waals surface area contributed by atoms with E-state index in [0.717, 1.165) is 29.3 Å². The van der Waals surface area contributed by atoms with Crippen LogP contribution in [0.4, 0.5) is 0 Å². The summed E-state index contributed by atoms with van der Waals surface area (Å²) in [5.74, 6) is 1.39. The number of nitriles is 1. The molecule has 33 heavy (non-hydrogen) atoms. The first kappa shape index (κ1) is 25.1. The fourth-order valence-electron chi connectivity index (χ4n) is 3.74. The van der Waals surface area contributed by atoms with Gasteiger partial charge in [0.05, 0.1) is 16.5 Å². The normalized spacial score (nSPS) is 13.1. The highest BCUT2D eigenvalue weighted by molar-refractivity contribution is 7.84. The Morgan fingerprint density at radius 3 is 2.76 bits per heavy atom. The van der Waals surface area contributed by atoms with Gasteiger partial charge in [0.25, 0.3) is 0 Å². The van der Waals surface area contributed by atoms with Crippen molar-refractivity contribution >= 4 is 22.1 Å². The average molecular weight is 482 g/mol. The Bertz CT molecular complexity index is 1150. The molecule has 5 nitrogen and oxygen atoms in total. The number of aromatic nitrogens is 1. The fourth-order valence-corrected chi connectivity index (χ4v) is 5.19. The molecular formula is C26H31N3O2S2. The molecular weight excluding hydrogens is 450 g/mol. The van der Waals surface area contributed by atoms with E-state index in [1.807, 2.05) is 45.3 Å². The molecule has 0 saturated carbocycles. The van der Waals surface area contributed by atoms with Crippen molar-refractivity contribution < 1.29 is 8.95 Å². The Hall–Kier alpha value is -2.53. The van der Waals surface area contributed by atoms with Crippen molar-refractivity contribution in [2.45, 2.75) is 39.2 Å². The second-order valence-corrected chi connectivity index (χ2v) is 10.8. The third-order valence-corrected chi connectivity index (χ3v) is 7.12. The molecule has 1 aliphatic carbocycles. The zero-order valence-electron chi connectivity index (χ0n) is 19.7. The summed E-state index contributed by atoms with van der Waals surface area (Å²) < 4.78 is 16.0. The molecule has 0 fully saturated rings. The maximum atomic E-state index is 10.3. The van der Waals surface area contributed by atoms with Crippen LogP contribution in [0.15, 0.2) is 42.6 Å². The van der Waals surface area contributed by atoms with Crippen molar-refractivity contribution in [2.75, 3.05) is 25.6 Å². The lowest BCUT2D eigenvalue weighted by molar-refractivity contribution is 0.242. The van der Waals surface area contributed by atoms with Crippen molar-refractivity contribution in [1.82, 2.24) is 10.3 Å². The first-order valence-corrected chi connectivity index (χ1v) is 13.7. The van der Waals surface area contributed by atoms with Gasteiger partial charge in [0.15, 0.2) is 0 Å². The van der Waals surface area contributed by atoms with Crippen LogP contribution < -0.4 is 10.1 Å². The molecule has 4 rings (SSSR count). The molecule has 174 valence electrons. The summed E-state index contributed by atoms with van der Waals surface area (Å²) in [6.45, 7) is 4.77. The number of ether oxygens (including phenoxy) is 1. The molecule has 0 amide bonds. The van der Waals surface area contributed by atoms with E-state index < -0.39 is 10.8 Å². The van der Waals surface area contributed by atoms with Crippen LogP contribution in [0.1, 0.15) is 37.0 Å². The standard InChI is InChI=1S/C22H20N2OS.C4H11NOS/c1-14(2)25-20-10-9-16(11-17(20)12-23)22-24-13-21(26-22)19-8-4-6-15-5-3-7-18(15)19;1-5-3-4-7(2)6/h4,6,8-11,13-14H,3,5,7H2,1-2H3;5H,3-4H2,1-2H3. The molecule has 2 aromatic carbocycles. The molecule has 0 saturated heterocycles. The topological polar surface area (TPSA) is 75.0 Å². The SMILES string of the molecule is CC(C)Oc1ccc(-c2ncc(-c3cccc4c3CCC4)s2)cc1C#N.CNCCS(C)=O. The Morgan fingerprint density at radius 1 is 1.27 bits per heavy atom. The highest BCUT2D eigenvalue weighted by Crippen LogP contribution is 2.38. The van der Waals surface area contributed by atoms with Crippen LogP contribution >= 0.6 is 11.3 Å². The summed E-state index contributed by atoms with van der Waals surface area (Å²) in [6, 6.07) is 14.5. The van der Waals surface area contributed by atoms with Gasteiger partial charge in [-0.05, 0) is 75.0 Å². The summed E-state index contributed by atoms with van der Waals surface area (Å²) in [5, 5.41) is 13.3. The van der Waals surface area contributed by atoms with Gasteiger partial charge in [0.1, 0.15) is 16.8 Å². The quantitative estimate of drug-likeness (QED) is 0.501. The minimum Gasteiger partial charge on any atom is -0.490 e. The largest absolute Gasteiger partial charge is 0.490 e. The highest BCUT2D eigenvalue weighted by atomic mass is 32.2. The number of benzene rings is 2. The molecule has 0 bridgehead atoms. The van der Waals surface area contributed by atoms with Crippen LogP contribution in [0.25, 0.3) is 21.0 Å². The molecule has 0 spiro atoms. The van der Waals surface area contributed by atoms with Crippen LogP contribution in [0.5, 0.6) is 5.75 Å². The van der Waals surface area contributed by atoms with Gasteiger partial charge in [0, 0.05) is 41.1 Å². The minimum absolute atomic E-state index is 0.0413. The van der Waals surface area contributed by atoms with Crippen LogP contribution in [-0.4, -0.2) is 40.9 Å². The number of thiazole rings is 1. The Morgan fingerprint density at radius 2 is 2.09 bits per heavy atom. The molecule has 7 heteroatoms. The summed E-state index contributed by atoms with van der Waals surface area (Å²) in [5.41, 5.74) is 5.76.